The van der Waals surface area contributed by atoms with Gasteiger partial charge in [0.25, 0.3) is 0 Å². The maximum absolute atomic E-state index is 13.2. The number of alkyl halides is 9. The molecule has 0 aromatic carbocycles. The van der Waals surface area contributed by atoms with Crippen LogP contribution in [0.25, 0.3) is 0 Å². The van der Waals surface area contributed by atoms with E-state index in [4.69, 9.17) is 9.47 Å². The summed E-state index contributed by atoms with van der Waals surface area (Å²) < 4.78 is 123. The molecule has 0 aliphatic rings. The van der Waals surface area contributed by atoms with Crippen LogP contribution in [0.3, 0.4) is 0 Å². The van der Waals surface area contributed by atoms with E-state index in [0.717, 1.165) is 0 Å². The molecule has 0 unspecified atom stereocenters. The monoisotopic (exact) mass is 378 g/mol. The molecular weight excluding hydrogens is 363 g/mol. The van der Waals surface area contributed by atoms with Crippen LogP contribution in [0, 0.1) is 0 Å². The molecule has 0 amide bonds. The van der Waals surface area contributed by atoms with Crippen molar-refractivity contribution in [2.24, 2.45) is 0 Å². The first-order chi connectivity index (χ1) is 10.2. The Morgan fingerprint density at radius 1 is 0.783 bits per heavy atom. The summed E-state index contributed by atoms with van der Waals surface area (Å²) in [6.07, 6.45) is -8.65. The quantitative estimate of drug-likeness (QED) is 0.320. The normalized spacial score (nSPS) is 14.6. The lowest BCUT2D eigenvalue weighted by atomic mass is 10.0. The highest BCUT2D eigenvalue weighted by Crippen LogP contribution is 2.54. The number of ether oxygens (including phenoxy) is 2. The van der Waals surface area contributed by atoms with Gasteiger partial charge in [-0.2, -0.15) is 39.5 Å². The first-order valence-corrected chi connectivity index (χ1v) is 7.69. The zero-order valence-electron chi connectivity index (χ0n) is 12.1. The maximum Gasteiger partial charge on any atom is 0.460 e. The molecule has 0 heterocycles. The minimum atomic E-state index is -6.84. The van der Waals surface area contributed by atoms with Gasteiger partial charge in [0.1, 0.15) is 15.4 Å². The zero-order valence-corrected chi connectivity index (χ0v) is 13.1. The third kappa shape index (κ3) is 5.24. The lowest BCUT2D eigenvalue weighted by Gasteiger charge is -2.33. The van der Waals surface area contributed by atoms with Crippen molar-refractivity contribution in [1.82, 2.24) is 0 Å². The summed E-state index contributed by atoms with van der Waals surface area (Å²) in [6.45, 7) is 3.33. The molecular formula is C11H15F9O2Si. The van der Waals surface area contributed by atoms with E-state index in [1.807, 2.05) is 0 Å². The lowest BCUT2D eigenvalue weighted by Crippen LogP contribution is -2.60. The first kappa shape index (κ1) is 22.5. The van der Waals surface area contributed by atoms with Gasteiger partial charge in [0.05, 0.1) is 0 Å². The van der Waals surface area contributed by atoms with Gasteiger partial charge in [-0.1, -0.05) is 6.04 Å². The van der Waals surface area contributed by atoms with Crippen molar-refractivity contribution < 1.29 is 49.0 Å². The van der Waals surface area contributed by atoms with E-state index < -0.39 is 51.8 Å². The fourth-order valence-corrected chi connectivity index (χ4v) is 2.64. The second kappa shape index (κ2) is 8.06. The molecule has 23 heavy (non-hydrogen) atoms. The van der Waals surface area contributed by atoms with Crippen LogP contribution in [-0.2, 0) is 9.47 Å². The van der Waals surface area contributed by atoms with E-state index in [1.54, 1.807) is 13.8 Å². The van der Waals surface area contributed by atoms with Crippen LogP contribution in [0.1, 0.15) is 20.3 Å². The van der Waals surface area contributed by atoms with Gasteiger partial charge in [-0.3, -0.25) is 0 Å². The number of halogens is 9. The molecule has 0 bridgehead atoms. The summed E-state index contributed by atoms with van der Waals surface area (Å²) in [7, 11) is -0.624. The van der Waals surface area contributed by atoms with Gasteiger partial charge >= 0.3 is 23.9 Å². The van der Waals surface area contributed by atoms with Crippen molar-refractivity contribution in [1.29, 1.82) is 0 Å². The zero-order chi connectivity index (χ0) is 18.5. The maximum atomic E-state index is 13.2. The van der Waals surface area contributed by atoms with Crippen LogP contribution in [0.15, 0.2) is 0 Å². The van der Waals surface area contributed by atoms with Gasteiger partial charge in [-0.05, 0) is 13.8 Å². The van der Waals surface area contributed by atoms with Gasteiger partial charge in [-0.15, -0.1) is 0 Å². The Labute approximate surface area is 129 Å². The summed E-state index contributed by atoms with van der Waals surface area (Å²) in [4.78, 5) is 0. The van der Waals surface area contributed by atoms with E-state index in [-0.39, 0.29) is 13.2 Å². The Morgan fingerprint density at radius 2 is 1.22 bits per heavy atom. The number of hydrogen-bond acceptors (Lipinski definition) is 2. The molecule has 2 nitrogen and oxygen atoms in total. The highest BCUT2D eigenvalue weighted by Gasteiger charge is 2.81. The Hall–Kier alpha value is -0.493. The molecule has 0 N–H and O–H groups in total. The lowest BCUT2D eigenvalue weighted by molar-refractivity contribution is -0.396. The largest absolute Gasteiger partial charge is 0.460 e. The molecule has 0 aliphatic carbocycles. The molecule has 0 fully saturated rings. The topological polar surface area (TPSA) is 18.5 Å². The second-order valence-corrected chi connectivity index (χ2v) is 5.68. The van der Waals surface area contributed by atoms with Crippen LogP contribution in [0.5, 0.6) is 0 Å². The van der Waals surface area contributed by atoms with E-state index in [9.17, 15) is 39.5 Å². The average molecular weight is 378 g/mol. The molecule has 0 aromatic rings. The van der Waals surface area contributed by atoms with E-state index >= 15 is 0 Å². The van der Waals surface area contributed by atoms with Gasteiger partial charge in [0.15, 0.2) is 0 Å². The summed E-state index contributed by atoms with van der Waals surface area (Å²) in [5, 5.41) is 0. The van der Waals surface area contributed by atoms with Crippen molar-refractivity contribution in [3.63, 3.8) is 0 Å². The summed E-state index contributed by atoms with van der Waals surface area (Å²) in [5.41, 5.74) is 0. The Morgan fingerprint density at radius 3 is 1.57 bits per heavy atom. The van der Waals surface area contributed by atoms with Gasteiger partial charge < -0.3 is 9.47 Å². The fourth-order valence-electron chi connectivity index (χ4n) is 1.38. The Balaban J connectivity index is 4.91. The van der Waals surface area contributed by atoms with E-state index in [2.05, 4.69) is 0 Å². The van der Waals surface area contributed by atoms with Crippen LogP contribution in [0.2, 0.25) is 6.04 Å². The molecule has 0 saturated carbocycles. The molecule has 12 heteroatoms. The predicted molar refractivity (Wildman–Crippen MR) is 63.1 cm³/mol. The van der Waals surface area contributed by atoms with Gasteiger partial charge in [-0.25, -0.2) is 0 Å². The number of rotatable bonds is 10. The Kier molecular flexibility index (Phi) is 7.88. The third-order valence-electron chi connectivity index (χ3n) is 2.60. The van der Waals surface area contributed by atoms with Crippen LogP contribution >= 0.6 is 0 Å². The number of hydrogen-bond donors (Lipinski definition) is 0. The molecule has 0 saturated heterocycles. The van der Waals surface area contributed by atoms with E-state index in [0.29, 0.717) is 0 Å². The first-order valence-electron chi connectivity index (χ1n) is 6.41. The van der Waals surface area contributed by atoms with Crippen molar-refractivity contribution >= 4 is 9.52 Å². The van der Waals surface area contributed by atoms with E-state index in [1.165, 1.54) is 0 Å². The highest BCUT2D eigenvalue weighted by atomic mass is 28.2. The predicted octanol–water partition coefficient (Wildman–Crippen LogP) is 4.32. The molecule has 0 aromatic heterocycles. The summed E-state index contributed by atoms with van der Waals surface area (Å²) >= 11 is 0. The van der Waals surface area contributed by atoms with Gasteiger partial charge in [0.2, 0.25) is 0 Å². The van der Waals surface area contributed by atoms with Gasteiger partial charge in [0, 0.05) is 19.6 Å². The van der Waals surface area contributed by atoms with Crippen LogP contribution < -0.4 is 0 Å². The molecule has 0 spiro atoms. The fraction of sp³-hybridized carbons (Fsp3) is 1.00. The highest BCUT2D eigenvalue weighted by molar-refractivity contribution is 6.36. The second-order valence-electron chi connectivity index (χ2n) is 4.30. The van der Waals surface area contributed by atoms with Crippen molar-refractivity contribution in [2.45, 2.75) is 56.2 Å². The molecule has 0 rings (SSSR count). The SMILES string of the molecule is CCOC(OCC)[Si]CCC(F)(F)C(F)(F)C(F)(F)C(F)(F)F. The molecule has 0 aliphatic heterocycles. The Bertz CT molecular complexity index is 354. The molecule has 2 radical (unpaired) electrons. The minimum Gasteiger partial charge on any atom is -0.357 e. The smallest absolute Gasteiger partial charge is 0.357 e. The van der Waals surface area contributed by atoms with Crippen molar-refractivity contribution in [3.05, 3.63) is 0 Å². The standard InChI is InChI=1S/C11H15F9O2Si/c1-3-21-7(22-4-2)23-6-5-8(12,13)9(14,15)10(16,17)11(18,19)20/h7H,3-6H2,1-2H3. The van der Waals surface area contributed by atoms with Crippen LogP contribution in [-0.4, -0.2) is 52.6 Å². The van der Waals surface area contributed by atoms with Crippen molar-refractivity contribution in [2.75, 3.05) is 13.2 Å². The van der Waals surface area contributed by atoms with Crippen molar-refractivity contribution in [3.8, 4) is 0 Å². The third-order valence-corrected chi connectivity index (χ3v) is 3.80. The molecule has 138 valence electrons. The average Bonchev–Trinajstić information content (AvgIpc) is 2.37. The minimum absolute atomic E-state index is 0.121. The van der Waals surface area contributed by atoms with Crippen LogP contribution in [0.4, 0.5) is 39.5 Å². The molecule has 0 atom stereocenters. The summed E-state index contributed by atoms with van der Waals surface area (Å²) in [5.74, 6) is -19.9. The summed E-state index contributed by atoms with van der Waals surface area (Å²) in [6, 6.07) is -0.763.